The summed E-state index contributed by atoms with van der Waals surface area (Å²) in [4.78, 5) is 0. The first kappa shape index (κ1) is 10.6. The highest BCUT2D eigenvalue weighted by Crippen LogP contribution is 2.19. The predicted octanol–water partition coefficient (Wildman–Crippen LogP) is 2.59. The molecule has 0 fully saturated rings. The number of aryl methyl sites for hydroxylation is 1. The number of nitrogens with zero attached hydrogens (tertiary/aromatic N) is 1. The summed E-state index contributed by atoms with van der Waals surface area (Å²) in [6, 6.07) is 5.72. The number of hydrogen-bond acceptors (Lipinski definition) is 3. The van der Waals surface area contributed by atoms with E-state index >= 15 is 0 Å². The first-order valence-corrected chi connectivity index (χ1v) is 4.61. The van der Waals surface area contributed by atoms with Crippen LogP contribution in [0, 0.1) is 6.92 Å². The molecule has 0 saturated heterocycles. The molecule has 0 saturated carbocycles. The van der Waals surface area contributed by atoms with Gasteiger partial charge in [-0.15, -0.1) is 0 Å². The van der Waals surface area contributed by atoms with E-state index in [1.807, 2.05) is 32.0 Å². The standard InChI is InChI=1S/C11H15NO2/c1-4-14-11-6-5-10(7-8(11)2)9(3)12-13/h5-7,13H,4H2,1-3H3/b12-9+. The van der Waals surface area contributed by atoms with Crippen molar-refractivity contribution in [1.82, 2.24) is 0 Å². The van der Waals surface area contributed by atoms with Crippen molar-refractivity contribution in [3.63, 3.8) is 0 Å². The van der Waals surface area contributed by atoms with Crippen molar-refractivity contribution in [3.05, 3.63) is 29.3 Å². The van der Waals surface area contributed by atoms with Gasteiger partial charge in [-0.3, -0.25) is 0 Å². The molecule has 0 spiro atoms. The van der Waals surface area contributed by atoms with E-state index in [-0.39, 0.29) is 0 Å². The highest BCUT2D eigenvalue weighted by atomic mass is 16.5. The lowest BCUT2D eigenvalue weighted by Crippen LogP contribution is -1.98. The number of rotatable bonds is 3. The van der Waals surface area contributed by atoms with Crippen LogP contribution in [0.3, 0.4) is 0 Å². The molecule has 0 radical (unpaired) electrons. The Balaban J connectivity index is 3.00. The van der Waals surface area contributed by atoms with Gasteiger partial charge in [-0.2, -0.15) is 0 Å². The smallest absolute Gasteiger partial charge is 0.122 e. The number of ether oxygens (including phenoxy) is 1. The Kier molecular flexibility index (Phi) is 3.51. The molecular weight excluding hydrogens is 178 g/mol. The van der Waals surface area contributed by atoms with Crippen molar-refractivity contribution in [2.75, 3.05) is 6.61 Å². The largest absolute Gasteiger partial charge is 0.494 e. The zero-order valence-corrected chi connectivity index (χ0v) is 8.74. The molecule has 3 heteroatoms. The van der Waals surface area contributed by atoms with Crippen molar-refractivity contribution in [3.8, 4) is 5.75 Å². The molecule has 0 aromatic heterocycles. The molecule has 1 aromatic carbocycles. The summed E-state index contributed by atoms with van der Waals surface area (Å²) in [7, 11) is 0. The second kappa shape index (κ2) is 4.65. The molecule has 3 nitrogen and oxygen atoms in total. The topological polar surface area (TPSA) is 41.8 Å². The van der Waals surface area contributed by atoms with Crippen molar-refractivity contribution >= 4 is 5.71 Å². The number of oxime groups is 1. The fourth-order valence-electron chi connectivity index (χ4n) is 1.25. The van der Waals surface area contributed by atoms with Gasteiger partial charge in [0.25, 0.3) is 0 Å². The highest BCUT2D eigenvalue weighted by Gasteiger charge is 2.02. The zero-order valence-electron chi connectivity index (χ0n) is 8.74. The Labute approximate surface area is 84.0 Å². The molecule has 1 rings (SSSR count). The van der Waals surface area contributed by atoms with Gasteiger partial charge in [0, 0.05) is 0 Å². The van der Waals surface area contributed by atoms with Gasteiger partial charge in [0.05, 0.1) is 12.3 Å². The molecule has 14 heavy (non-hydrogen) atoms. The summed E-state index contributed by atoms with van der Waals surface area (Å²) in [5.74, 6) is 0.877. The predicted molar refractivity (Wildman–Crippen MR) is 56.3 cm³/mol. The first-order chi connectivity index (χ1) is 6.69. The molecule has 0 bridgehead atoms. The average Bonchev–Trinajstić information content (AvgIpc) is 2.20. The lowest BCUT2D eigenvalue weighted by molar-refractivity contribution is 0.319. The fraction of sp³-hybridized carbons (Fsp3) is 0.364. The maximum Gasteiger partial charge on any atom is 0.122 e. The molecule has 0 atom stereocenters. The zero-order chi connectivity index (χ0) is 10.6. The summed E-state index contributed by atoms with van der Waals surface area (Å²) in [6.45, 7) is 6.34. The van der Waals surface area contributed by atoms with E-state index in [2.05, 4.69) is 5.16 Å². The molecule has 0 aliphatic heterocycles. The van der Waals surface area contributed by atoms with Crippen LogP contribution in [0.5, 0.6) is 5.75 Å². The van der Waals surface area contributed by atoms with Gasteiger partial charge in [-0.1, -0.05) is 5.16 Å². The van der Waals surface area contributed by atoms with Gasteiger partial charge in [0.2, 0.25) is 0 Å². The number of hydrogen-bond donors (Lipinski definition) is 1. The summed E-state index contributed by atoms with van der Waals surface area (Å²) in [5.41, 5.74) is 2.57. The van der Waals surface area contributed by atoms with Crippen LogP contribution >= 0.6 is 0 Å². The van der Waals surface area contributed by atoms with Gasteiger partial charge in [-0.05, 0) is 50.1 Å². The summed E-state index contributed by atoms with van der Waals surface area (Å²) < 4.78 is 5.40. The van der Waals surface area contributed by atoms with Crippen molar-refractivity contribution < 1.29 is 9.94 Å². The third-order valence-corrected chi connectivity index (χ3v) is 2.04. The third-order valence-electron chi connectivity index (χ3n) is 2.04. The van der Waals surface area contributed by atoms with E-state index in [4.69, 9.17) is 9.94 Å². The average molecular weight is 193 g/mol. The van der Waals surface area contributed by atoms with Crippen LogP contribution in [-0.2, 0) is 0 Å². The Morgan fingerprint density at radius 2 is 2.21 bits per heavy atom. The minimum atomic E-state index is 0.608. The van der Waals surface area contributed by atoms with Gasteiger partial charge in [0.1, 0.15) is 5.75 Å². The monoisotopic (exact) mass is 193 g/mol. The molecule has 76 valence electrons. The minimum absolute atomic E-state index is 0.608. The Morgan fingerprint density at radius 1 is 1.50 bits per heavy atom. The SMILES string of the molecule is CCOc1ccc(/C(C)=N/O)cc1C. The number of benzene rings is 1. The Hall–Kier alpha value is -1.51. The maximum atomic E-state index is 8.61. The third kappa shape index (κ3) is 2.25. The fourth-order valence-corrected chi connectivity index (χ4v) is 1.25. The summed E-state index contributed by atoms with van der Waals surface area (Å²) in [5, 5.41) is 11.8. The van der Waals surface area contributed by atoms with Crippen molar-refractivity contribution in [2.24, 2.45) is 5.16 Å². The van der Waals surface area contributed by atoms with Crippen LogP contribution in [0.25, 0.3) is 0 Å². The first-order valence-electron chi connectivity index (χ1n) is 4.61. The van der Waals surface area contributed by atoms with Gasteiger partial charge in [-0.25, -0.2) is 0 Å². The Morgan fingerprint density at radius 3 is 2.71 bits per heavy atom. The van der Waals surface area contributed by atoms with Crippen molar-refractivity contribution in [2.45, 2.75) is 20.8 Å². The molecule has 0 amide bonds. The van der Waals surface area contributed by atoms with Crippen LogP contribution in [0.4, 0.5) is 0 Å². The van der Waals surface area contributed by atoms with Gasteiger partial charge < -0.3 is 9.94 Å². The van der Waals surface area contributed by atoms with E-state index in [1.165, 1.54) is 0 Å². The minimum Gasteiger partial charge on any atom is -0.494 e. The summed E-state index contributed by atoms with van der Waals surface area (Å²) >= 11 is 0. The summed E-state index contributed by atoms with van der Waals surface area (Å²) in [6.07, 6.45) is 0. The van der Waals surface area contributed by atoms with E-state index in [1.54, 1.807) is 6.92 Å². The van der Waals surface area contributed by atoms with E-state index in [0.717, 1.165) is 16.9 Å². The molecular formula is C11H15NO2. The second-order valence-corrected chi connectivity index (χ2v) is 3.10. The van der Waals surface area contributed by atoms with Crippen LogP contribution in [0.1, 0.15) is 25.0 Å². The molecule has 0 heterocycles. The van der Waals surface area contributed by atoms with Crippen LogP contribution in [0.15, 0.2) is 23.4 Å². The van der Waals surface area contributed by atoms with Crippen LogP contribution in [0.2, 0.25) is 0 Å². The normalized spacial score (nSPS) is 11.5. The van der Waals surface area contributed by atoms with Gasteiger partial charge >= 0.3 is 0 Å². The highest BCUT2D eigenvalue weighted by molar-refractivity contribution is 5.98. The quantitative estimate of drug-likeness (QED) is 0.455. The molecule has 0 aliphatic rings. The maximum absolute atomic E-state index is 8.61. The van der Waals surface area contributed by atoms with E-state index < -0.39 is 0 Å². The van der Waals surface area contributed by atoms with Crippen molar-refractivity contribution in [1.29, 1.82) is 0 Å². The lowest BCUT2D eigenvalue weighted by Gasteiger charge is -2.08. The molecule has 1 N–H and O–H groups in total. The van der Waals surface area contributed by atoms with E-state index in [0.29, 0.717) is 12.3 Å². The van der Waals surface area contributed by atoms with Crippen LogP contribution < -0.4 is 4.74 Å². The van der Waals surface area contributed by atoms with Crippen LogP contribution in [-0.4, -0.2) is 17.5 Å². The molecule has 1 aromatic rings. The Bertz CT molecular complexity index is 345. The lowest BCUT2D eigenvalue weighted by atomic mass is 10.1. The molecule has 0 unspecified atom stereocenters. The second-order valence-electron chi connectivity index (χ2n) is 3.10. The molecule has 0 aliphatic carbocycles. The van der Waals surface area contributed by atoms with E-state index in [9.17, 15) is 0 Å². The van der Waals surface area contributed by atoms with Gasteiger partial charge in [0.15, 0.2) is 0 Å².